The van der Waals surface area contributed by atoms with Gasteiger partial charge in [0.1, 0.15) is 6.54 Å². The molecule has 1 amide bonds. The fraction of sp³-hybridized carbons (Fsp3) is 0.667. The Labute approximate surface area is 205 Å². The van der Waals surface area contributed by atoms with Crippen molar-refractivity contribution in [3.05, 3.63) is 35.9 Å². The summed E-state index contributed by atoms with van der Waals surface area (Å²) < 4.78 is 0. The molecule has 0 spiro atoms. The molecule has 2 unspecified atom stereocenters. The van der Waals surface area contributed by atoms with Crippen LogP contribution in [-0.2, 0) is 11.3 Å². The van der Waals surface area contributed by atoms with Crippen LogP contribution in [0.5, 0.6) is 0 Å². The number of nitrogens with one attached hydrogen (secondary N) is 3. The number of carbonyl (C=O) groups excluding carboxylic acids is 1. The maximum Gasteiger partial charge on any atom is 0.242 e. The molecule has 1 saturated heterocycles. The molecular formula is C24H40IN5O. The van der Waals surface area contributed by atoms with Crippen LogP contribution in [-0.4, -0.2) is 54.5 Å². The maximum absolute atomic E-state index is 12.3. The van der Waals surface area contributed by atoms with Crippen molar-refractivity contribution < 1.29 is 4.79 Å². The minimum Gasteiger partial charge on any atom is -0.357 e. The van der Waals surface area contributed by atoms with E-state index < -0.39 is 0 Å². The number of hydrogen-bond donors (Lipinski definition) is 3. The van der Waals surface area contributed by atoms with Crippen molar-refractivity contribution >= 4 is 35.8 Å². The van der Waals surface area contributed by atoms with Gasteiger partial charge in [0.05, 0.1) is 0 Å². The lowest BCUT2D eigenvalue weighted by Gasteiger charge is -2.38. The van der Waals surface area contributed by atoms with Crippen molar-refractivity contribution in [2.45, 2.75) is 83.5 Å². The highest BCUT2D eigenvalue weighted by molar-refractivity contribution is 14.0. The maximum atomic E-state index is 12.3. The van der Waals surface area contributed by atoms with Crippen molar-refractivity contribution in [3.63, 3.8) is 0 Å². The number of rotatable bonds is 7. The van der Waals surface area contributed by atoms with Crippen molar-refractivity contribution in [3.8, 4) is 0 Å². The van der Waals surface area contributed by atoms with Crippen molar-refractivity contribution in [2.75, 3.05) is 19.6 Å². The number of nitrogens with zero attached hydrogens (tertiary/aromatic N) is 2. The number of piperidine rings is 1. The highest BCUT2D eigenvalue weighted by Crippen LogP contribution is 2.20. The summed E-state index contributed by atoms with van der Waals surface area (Å²) in [5, 5.41) is 10.0. The molecule has 31 heavy (non-hydrogen) atoms. The third-order valence-corrected chi connectivity index (χ3v) is 6.28. The van der Waals surface area contributed by atoms with Crippen LogP contribution in [0, 0.1) is 0 Å². The number of hydrogen-bond acceptors (Lipinski definition) is 3. The van der Waals surface area contributed by atoms with E-state index in [9.17, 15) is 4.79 Å². The van der Waals surface area contributed by atoms with E-state index in [4.69, 9.17) is 0 Å². The Morgan fingerprint density at radius 1 is 1.06 bits per heavy atom. The van der Waals surface area contributed by atoms with Gasteiger partial charge < -0.3 is 16.0 Å². The first-order valence-corrected chi connectivity index (χ1v) is 11.8. The molecule has 2 aliphatic rings. The van der Waals surface area contributed by atoms with Crippen molar-refractivity contribution in [1.29, 1.82) is 0 Å². The van der Waals surface area contributed by atoms with E-state index in [-0.39, 0.29) is 36.4 Å². The second kappa shape index (κ2) is 13.9. The van der Waals surface area contributed by atoms with Gasteiger partial charge in [0.25, 0.3) is 0 Å². The zero-order valence-corrected chi connectivity index (χ0v) is 21.4. The van der Waals surface area contributed by atoms with E-state index in [1.165, 1.54) is 24.8 Å². The summed E-state index contributed by atoms with van der Waals surface area (Å²) >= 11 is 0. The van der Waals surface area contributed by atoms with Crippen LogP contribution >= 0.6 is 24.0 Å². The van der Waals surface area contributed by atoms with Crippen LogP contribution < -0.4 is 16.0 Å². The van der Waals surface area contributed by atoms with Crippen LogP contribution in [0.3, 0.4) is 0 Å². The molecule has 1 heterocycles. The lowest BCUT2D eigenvalue weighted by Crippen LogP contribution is -2.51. The number of guanidine groups is 1. The third kappa shape index (κ3) is 8.96. The second-order valence-electron chi connectivity index (χ2n) is 8.77. The number of halogens is 1. The number of likely N-dealkylation sites (tertiary alicyclic amines) is 1. The Kier molecular flexibility index (Phi) is 11.6. The molecule has 174 valence electrons. The van der Waals surface area contributed by atoms with Gasteiger partial charge in [0, 0.05) is 37.8 Å². The fourth-order valence-electron chi connectivity index (χ4n) is 4.59. The van der Waals surface area contributed by atoms with E-state index in [0.717, 1.165) is 51.3 Å². The van der Waals surface area contributed by atoms with Gasteiger partial charge in [0.2, 0.25) is 5.91 Å². The zero-order chi connectivity index (χ0) is 21.2. The van der Waals surface area contributed by atoms with E-state index in [1.54, 1.807) is 0 Å². The van der Waals surface area contributed by atoms with E-state index >= 15 is 0 Å². The lowest BCUT2D eigenvalue weighted by atomic mass is 9.95. The smallest absolute Gasteiger partial charge is 0.242 e. The molecule has 7 heteroatoms. The first-order chi connectivity index (χ1) is 14.6. The molecule has 2 fully saturated rings. The molecule has 1 aliphatic carbocycles. The van der Waals surface area contributed by atoms with Crippen LogP contribution in [0.15, 0.2) is 35.3 Å². The first-order valence-electron chi connectivity index (χ1n) is 11.8. The molecule has 3 rings (SSSR count). The SMILES string of the molecule is CCNC(=NCC(=O)NC1CCCCC1)NC1CCN(Cc2ccccc2)C(C)C1.I. The van der Waals surface area contributed by atoms with Crippen LogP contribution in [0.4, 0.5) is 0 Å². The summed E-state index contributed by atoms with van der Waals surface area (Å²) in [5.74, 6) is 0.787. The predicted octanol–water partition coefficient (Wildman–Crippen LogP) is 3.66. The summed E-state index contributed by atoms with van der Waals surface area (Å²) in [6.07, 6.45) is 8.10. The number of carbonyl (C=O) groups is 1. The summed E-state index contributed by atoms with van der Waals surface area (Å²) in [6, 6.07) is 11.9. The lowest BCUT2D eigenvalue weighted by molar-refractivity contribution is -0.120. The molecule has 3 N–H and O–H groups in total. The average molecular weight is 542 g/mol. The van der Waals surface area contributed by atoms with Crippen molar-refractivity contribution in [1.82, 2.24) is 20.9 Å². The largest absolute Gasteiger partial charge is 0.357 e. The molecule has 0 bridgehead atoms. The Morgan fingerprint density at radius 3 is 2.48 bits per heavy atom. The molecule has 1 aliphatic heterocycles. The van der Waals surface area contributed by atoms with Gasteiger partial charge >= 0.3 is 0 Å². The Hall–Kier alpha value is -1.35. The van der Waals surface area contributed by atoms with Crippen LogP contribution in [0.25, 0.3) is 0 Å². The standard InChI is InChI=1S/C24H39N5O.HI/c1-3-25-24(26-17-23(30)27-21-12-8-5-9-13-21)28-22-14-15-29(19(2)16-22)18-20-10-6-4-7-11-20;/h4,6-7,10-11,19,21-22H,3,5,8-9,12-18H2,1-2H3,(H,27,30)(H2,25,26,28);1H. The zero-order valence-electron chi connectivity index (χ0n) is 19.1. The molecule has 0 radical (unpaired) electrons. The minimum atomic E-state index is 0. The van der Waals surface area contributed by atoms with Gasteiger partial charge in [-0.05, 0) is 45.1 Å². The van der Waals surface area contributed by atoms with Crippen LogP contribution in [0.1, 0.15) is 64.4 Å². The average Bonchev–Trinajstić information content (AvgIpc) is 2.76. The fourth-order valence-corrected chi connectivity index (χ4v) is 4.59. The second-order valence-corrected chi connectivity index (χ2v) is 8.77. The highest BCUT2D eigenvalue weighted by atomic mass is 127. The molecule has 1 aromatic rings. The quantitative estimate of drug-likeness (QED) is 0.280. The molecule has 1 saturated carbocycles. The third-order valence-electron chi connectivity index (χ3n) is 6.28. The van der Waals surface area contributed by atoms with E-state index in [0.29, 0.717) is 18.1 Å². The van der Waals surface area contributed by atoms with E-state index in [2.05, 4.69) is 70.0 Å². The van der Waals surface area contributed by atoms with Gasteiger partial charge in [-0.15, -0.1) is 24.0 Å². The predicted molar refractivity (Wildman–Crippen MR) is 139 cm³/mol. The molecule has 6 nitrogen and oxygen atoms in total. The highest BCUT2D eigenvalue weighted by Gasteiger charge is 2.26. The van der Waals surface area contributed by atoms with Gasteiger partial charge in [0.15, 0.2) is 5.96 Å². The van der Waals surface area contributed by atoms with Crippen LogP contribution in [0.2, 0.25) is 0 Å². The molecular weight excluding hydrogens is 501 g/mol. The van der Waals surface area contributed by atoms with Crippen molar-refractivity contribution in [2.24, 2.45) is 4.99 Å². The summed E-state index contributed by atoms with van der Waals surface area (Å²) in [6.45, 7) is 7.41. The van der Waals surface area contributed by atoms with Gasteiger partial charge in [-0.1, -0.05) is 49.6 Å². The van der Waals surface area contributed by atoms with Gasteiger partial charge in [-0.25, -0.2) is 4.99 Å². The molecule has 2 atom stereocenters. The topological polar surface area (TPSA) is 68.8 Å². The minimum absolute atomic E-state index is 0. The number of aliphatic imine (C=N–C) groups is 1. The number of amides is 1. The Bertz CT molecular complexity index is 678. The van der Waals surface area contributed by atoms with Gasteiger partial charge in [-0.2, -0.15) is 0 Å². The number of benzene rings is 1. The first kappa shape index (κ1) is 25.9. The molecule has 1 aromatic carbocycles. The Morgan fingerprint density at radius 2 is 1.81 bits per heavy atom. The summed E-state index contributed by atoms with van der Waals surface area (Å²) in [5.41, 5.74) is 1.37. The summed E-state index contributed by atoms with van der Waals surface area (Å²) in [7, 11) is 0. The van der Waals surface area contributed by atoms with E-state index in [1.807, 2.05) is 0 Å². The normalized spacial score (nSPS) is 23.0. The van der Waals surface area contributed by atoms with Gasteiger partial charge in [-0.3, -0.25) is 9.69 Å². The summed E-state index contributed by atoms with van der Waals surface area (Å²) in [4.78, 5) is 19.4. The molecule has 0 aromatic heterocycles. The monoisotopic (exact) mass is 541 g/mol. The Balaban J connectivity index is 0.00000341.